The molecule has 0 aromatic heterocycles. The third-order valence-corrected chi connectivity index (χ3v) is 2.71. The van der Waals surface area contributed by atoms with Crippen LogP contribution in [0, 0.1) is 0 Å². The molecule has 1 aromatic rings. The molecular weight excluding hydrogens is 234 g/mol. The summed E-state index contributed by atoms with van der Waals surface area (Å²) in [6.45, 7) is 0.404. The van der Waals surface area contributed by atoms with E-state index in [4.69, 9.17) is 16.2 Å². The standard InChI is InChI=1S/C12H15N3O3/c13-4-3-11(16)15-9-5-8(6-14)1-2-10(9)18-7-12(15)17/h1-2,5H,3-4,6-7,13-14H2. The number of carbonyl (C=O) groups is 2. The summed E-state index contributed by atoms with van der Waals surface area (Å²) in [5, 5.41) is 0. The van der Waals surface area contributed by atoms with Crippen molar-refractivity contribution < 1.29 is 14.3 Å². The van der Waals surface area contributed by atoms with Crippen molar-refractivity contribution in [3.8, 4) is 5.75 Å². The zero-order chi connectivity index (χ0) is 13.1. The normalized spacial score (nSPS) is 14.1. The quantitative estimate of drug-likeness (QED) is 0.769. The first-order valence-corrected chi connectivity index (χ1v) is 5.69. The van der Waals surface area contributed by atoms with Gasteiger partial charge in [-0.2, -0.15) is 0 Å². The Balaban J connectivity index is 2.42. The van der Waals surface area contributed by atoms with Crippen molar-refractivity contribution in [1.29, 1.82) is 0 Å². The topological polar surface area (TPSA) is 98.7 Å². The van der Waals surface area contributed by atoms with Crippen LogP contribution in [0.15, 0.2) is 18.2 Å². The molecule has 96 valence electrons. The molecule has 0 bridgehead atoms. The van der Waals surface area contributed by atoms with Gasteiger partial charge >= 0.3 is 0 Å². The van der Waals surface area contributed by atoms with Gasteiger partial charge in [0, 0.05) is 19.5 Å². The van der Waals surface area contributed by atoms with Crippen molar-refractivity contribution in [2.75, 3.05) is 18.1 Å². The molecule has 1 aliphatic rings. The van der Waals surface area contributed by atoms with Crippen LogP contribution in [0.4, 0.5) is 5.69 Å². The smallest absolute Gasteiger partial charge is 0.271 e. The summed E-state index contributed by atoms with van der Waals surface area (Å²) in [4.78, 5) is 24.8. The van der Waals surface area contributed by atoms with Crippen LogP contribution in [0.1, 0.15) is 12.0 Å². The number of nitrogens with zero attached hydrogens (tertiary/aromatic N) is 1. The van der Waals surface area contributed by atoms with E-state index in [0.29, 0.717) is 18.0 Å². The largest absolute Gasteiger partial charge is 0.482 e. The number of carbonyl (C=O) groups excluding carboxylic acids is 2. The van der Waals surface area contributed by atoms with Crippen molar-refractivity contribution in [3.05, 3.63) is 23.8 Å². The number of benzene rings is 1. The number of imide groups is 1. The van der Waals surface area contributed by atoms with E-state index in [9.17, 15) is 9.59 Å². The maximum absolute atomic E-state index is 11.9. The van der Waals surface area contributed by atoms with Crippen LogP contribution in [0.3, 0.4) is 0 Å². The molecule has 18 heavy (non-hydrogen) atoms. The second kappa shape index (κ2) is 5.16. The zero-order valence-corrected chi connectivity index (χ0v) is 9.89. The van der Waals surface area contributed by atoms with Gasteiger partial charge in [-0.05, 0) is 17.7 Å². The molecule has 0 unspecified atom stereocenters. The molecule has 0 radical (unpaired) electrons. The molecule has 6 nitrogen and oxygen atoms in total. The first kappa shape index (κ1) is 12.5. The monoisotopic (exact) mass is 249 g/mol. The van der Waals surface area contributed by atoms with Crippen LogP contribution in [-0.2, 0) is 16.1 Å². The van der Waals surface area contributed by atoms with Gasteiger partial charge in [0.1, 0.15) is 5.75 Å². The SMILES string of the molecule is NCCC(=O)N1C(=O)COc2ccc(CN)cc21. The second-order valence-electron chi connectivity index (χ2n) is 3.96. The van der Waals surface area contributed by atoms with E-state index in [-0.39, 0.29) is 31.4 Å². The molecule has 6 heteroatoms. The van der Waals surface area contributed by atoms with Crippen molar-refractivity contribution in [2.24, 2.45) is 11.5 Å². The summed E-state index contributed by atoms with van der Waals surface area (Å²) in [5.41, 5.74) is 12.2. The number of hydrogen-bond donors (Lipinski definition) is 2. The predicted octanol–water partition coefficient (Wildman–Crippen LogP) is -0.254. The van der Waals surface area contributed by atoms with E-state index in [1.54, 1.807) is 18.2 Å². The average molecular weight is 249 g/mol. The van der Waals surface area contributed by atoms with Crippen LogP contribution < -0.4 is 21.1 Å². The Morgan fingerprint density at radius 3 is 2.83 bits per heavy atom. The summed E-state index contributed by atoms with van der Waals surface area (Å²) in [6, 6.07) is 5.22. The Morgan fingerprint density at radius 1 is 1.39 bits per heavy atom. The highest BCUT2D eigenvalue weighted by Gasteiger charge is 2.30. The third kappa shape index (κ3) is 2.20. The maximum Gasteiger partial charge on any atom is 0.271 e. The van der Waals surface area contributed by atoms with Crippen LogP contribution >= 0.6 is 0 Å². The number of hydrogen-bond acceptors (Lipinski definition) is 5. The minimum absolute atomic E-state index is 0.123. The predicted molar refractivity (Wildman–Crippen MR) is 66.0 cm³/mol. The fraction of sp³-hybridized carbons (Fsp3) is 0.333. The van der Waals surface area contributed by atoms with Crippen LogP contribution in [0.25, 0.3) is 0 Å². The highest BCUT2D eigenvalue weighted by molar-refractivity contribution is 6.17. The first-order chi connectivity index (χ1) is 8.67. The molecule has 4 N–H and O–H groups in total. The van der Waals surface area contributed by atoms with E-state index in [1.165, 1.54) is 0 Å². The van der Waals surface area contributed by atoms with E-state index >= 15 is 0 Å². The number of ether oxygens (including phenoxy) is 1. The van der Waals surface area contributed by atoms with Gasteiger partial charge in [-0.25, -0.2) is 4.90 Å². The number of nitrogens with two attached hydrogens (primary N) is 2. The van der Waals surface area contributed by atoms with E-state index in [2.05, 4.69) is 0 Å². The Morgan fingerprint density at radius 2 is 2.17 bits per heavy atom. The Kier molecular flexibility index (Phi) is 3.59. The molecule has 0 fully saturated rings. The van der Waals surface area contributed by atoms with Gasteiger partial charge in [-0.1, -0.05) is 6.07 Å². The van der Waals surface area contributed by atoms with Gasteiger partial charge in [0.2, 0.25) is 5.91 Å². The van der Waals surface area contributed by atoms with Gasteiger partial charge in [-0.15, -0.1) is 0 Å². The molecule has 1 aromatic carbocycles. The Labute approximate surface area is 104 Å². The summed E-state index contributed by atoms with van der Waals surface area (Å²) < 4.78 is 5.28. The lowest BCUT2D eigenvalue weighted by molar-refractivity contribution is -0.128. The molecule has 0 atom stereocenters. The van der Waals surface area contributed by atoms with E-state index < -0.39 is 0 Å². The summed E-state index contributed by atoms with van der Waals surface area (Å²) in [6.07, 6.45) is 0.123. The fourth-order valence-corrected chi connectivity index (χ4v) is 1.83. The van der Waals surface area contributed by atoms with Crippen molar-refractivity contribution in [1.82, 2.24) is 0 Å². The van der Waals surface area contributed by atoms with Crippen molar-refractivity contribution in [3.63, 3.8) is 0 Å². The molecule has 0 spiro atoms. The molecule has 0 saturated carbocycles. The molecule has 0 saturated heterocycles. The second-order valence-corrected chi connectivity index (χ2v) is 3.96. The van der Waals surface area contributed by atoms with E-state index in [0.717, 1.165) is 10.5 Å². The molecule has 2 rings (SSSR count). The van der Waals surface area contributed by atoms with Gasteiger partial charge in [0.05, 0.1) is 5.69 Å². The molecule has 1 aliphatic heterocycles. The van der Waals surface area contributed by atoms with E-state index in [1.807, 2.05) is 0 Å². The lowest BCUT2D eigenvalue weighted by Gasteiger charge is -2.28. The molecule has 1 heterocycles. The van der Waals surface area contributed by atoms with Crippen LogP contribution in [0.2, 0.25) is 0 Å². The van der Waals surface area contributed by atoms with Gasteiger partial charge in [0.25, 0.3) is 5.91 Å². The summed E-state index contributed by atoms with van der Waals surface area (Å²) >= 11 is 0. The Bertz CT molecular complexity index is 487. The van der Waals surface area contributed by atoms with Gasteiger partial charge < -0.3 is 16.2 Å². The number of rotatable bonds is 3. The third-order valence-electron chi connectivity index (χ3n) is 2.71. The minimum Gasteiger partial charge on any atom is -0.482 e. The highest BCUT2D eigenvalue weighted by atomic mass is 16.5. The van der Waals surface area contributed by atoms with Gasteiger partial charge in [-0.3, -0.25) is 9.59 Å². The van der Waals surface area contributed by atoms with Crippen molar-refractivity contribution in [2.45, 2.75) is 13.0 Å². The molecular formula is C12H15N3O3. The lowest BCUT2D eigenvalue weighted by atomic mass is 10.1. The average Bonchev–Trinajstić information content (AvgIpc) is 2.38. The zero-order valence-electron chi connectivity index (χ0n) is 9.89. The number of fused-ring (bicyclic) bond motifs is 1. The van der Waals surface area contributed by atoms with Crippen LogP contribution in [-0.4, -0.2) is 25.0 Å². The van der Waals surface area contributed by atoms with Gasteiger partial charge in [0.15, 0.2) is 6.61 Å². The van der Waals surface area contributed by atoms with Crippen LogP contribution in [0.5, 0.6) is 5.75 Å². The number of anilines is 1. The lowest BCUT2D eigenvalue weighted by Crippen LogP contribution is -2.43. The fourth-order valence-electron chi connectivity index (χ4n) is 1.83. The summed E-state index contributed by atoms with van der Waals surface area (Å²) in [7, 11) is 0. The van der Waals surface area contributed by atoms with Crippen molar-refractivity contribution >= 4 is 17.5 Å². The maximum atomic E-state index is 11.9. The highest BCUT2D eigenvalue weighted by Crippen LogP contribution is 2.33. The number of amides is 2. The molecule has 2 amide bonds. The first-order valence-electron chi connectivity index (χ1n) is 5.69. The molecule has 0 aliphatic carbocycles. The Hall–Kier alpha value is -1.92. The minimum atomic E-state index is -0.380. The summed E-state index contributed by atoms with van der Waals surface area (Å²) in [5.74, 6) is -0.187.